The summed E-state index contributed by atoms with van der Waals surface area (Å²) < 4.78 is 80.9. The van der Waals surface area contributed by atoms with E-state index in [-0.39, 0.29) is 49.9 Å². The first-order valence-electron chi connectivity index (χ1n) is 21.8. The maximum absolute atomic E-state index is 15.2. The van der Waals surface area contributed by atoms with Crippen molar-refractivity contribution in [3.05, 3.63) is 96.1 Å². The molecule has 12 heteroatoms. The number of halogens is 3. The minimum atomic E-state index is -4.69. The lowest BCUT2D eigenvalue weighted by Crippen LogP contribution is -2.22. The number of aliphatic hydroxyl groups is 2. The summed E-state index contributed by atoms with van der Waals surface area (Å²) in [5, 5.41) is 22.0. The lowest BCUT2D eigenvalue weighted by atomic mass is 9.88. The molecule has 0 spiro atoms. The predicted octanol–water partition coefficient (Wildman–Crippen LogP) is 12.0. The Morgan fingerprint density at radius 2 is 1.60 bits per heavy atom. The molecular weight excluding hydrogens is 802 g/mol. The van der Waals surface area contributed by atoms with E-state index in [9.17, 15) is 15.0 Å². The van der Waals surface area contributed by atoms with Crippen molar-refractivity contribution in [1.29, 1.82) is 0 Å². The molecule has 1 aliphatic rings. The molecule has 4 aromatic carbocycles. The molecular formula is C50H55F3O9. The number of aliphatic hydroxyl groups excluding tert-OH is 2. The van der Waals surface area contributed by atoms with Crippen molar-refractivity contribution in [3.63, 3.8) is 0 Å². The van der Waals surface area contributed by atoms with Crippen LogP contribution in [0.15, 0.2) is 93.8 Å². The lowest BCUT2D eigenvalue weighted by molar-refractivity contribution is -0.146. The van der Waals surface area contributed by atoms with Gasteiger partial charge in [0.25, 0.3) is 0 Å². The second kappa shape index (κ2) is 20.7. The normalized spacial score (nSPS) is 14.9. The molecule has 2 N–H and O–H groups in total. The van der Waals surface area contributed by atoms with E-state index in [1.807, 2.05) is 42.5 Å². The van der Waals surface area contributed by atoms with Crippen LogP contribution in [-0.2, 0) is 26.9 Å². The molecule has 0 aliphatic carbocycles. The zero-order valence-corrected chi connectivity index (χ0v) is 35.3. The Morgan fingerprint density at radius 1 is 0.806 bits per heavy atom. The summed E-state index contributed by atoms with van der Waals surface area (Å²) in [6, 6.07) is 24.8. The Bertz CT molecular complexity index is 2400. The van der Waals surface area contributed by atoms with E-state index in [4.69, 9.17) is 27.8 Å². The highest BCUT2D eigenvalue weighted by Crippen LogP contribution is 2.46. The zero-order chi connectivity index (χ0) is 43.6. The summed E-state index contributed by atoms with van der Waals surface area (Å²) in [7, 11) is 0. The first-order chi connectivity index (χ1) is 30.0. The molecule has 0 amide bonds. The highest BCUT2D eigenvalue weighted by molar-refractivity contribution is 5.99. The average molecular weight is 857 g/mol. The molecule has 7 rings (SSSR count). The Labute approximate surface area is 359 Å². The van der Waals surface area contributed by atoms with Crippen molar-refractivity contribution < 1.29 is 56.0 Å². The van der Waals surface area contributed by atoms with Gasteiger partial charge in [-0.2, -0.15) is 13.2 Å². The third-order valence-corrected chi connectivity index (χ3v) is 11.3. The van der Waals surface area contributed by atoms with E-state index in [2.05, 4.69) is 6.92 Å². The van der Waals surface area contributed by atoms with Crippen LogP contribution < -0.4 is 9.47 Å². The van der Waals surface area contributed by atoms with Crippen molar-refractivity contribution >= 4 is 27.9 Å². The van der Waals surface area contributed by atoms with Gasteiger partial charge in [0.05, 0.1) is 37.6 Å². The number of carbonyl (C=O) groups is 1. The minimum absolute atomic E-state index is 0.0773. The van der Waals surface area contributed by atoms with Crippen LogP contribution in [0.5, 0.6) is 11.5 Å². The highest BCUT2D eigenvalue weighted by Gasteiger charge is 2.36. The maximum Gasteiger partial charge on any atom is 0.417 e. The molecule has 9 nitrogen and oxygen atoms in total. The average Bonchev–Trinajstić information content (AvgIpc) is 3.84. The van der Waals surface area contributed by atoms with Gasteiger partial charge in [0, 0.05) is 53.0 Å². The summed E-state index contributed by atoms with van der Waals surface area (Å²) >= 11 is 0. The number of aryl methyl sites for hydroxylation is 1. The molecule has 0 radical (unpaired) electrons. The predicted molar refractivity (Wildman–Crippen MR) is 232 cm³/mol. The number of epoxide rings is 1. The molecule has 3 heterocycles. The maximum atomic E-state index is 15.2. The molecule has 1 fully saturated rings. The van der Waals surface area contributed by atoms with Crippen molar-refractivity contribution in [2.24, 2.45) is 5.92 Å². The number of alkyl halides is 3. The van der Waals surface area contributed by atoms with Crippen LogP contribution in [0.3, 0.4) is 0 Å². The number of furan rings is 2. The fourth-order valence-electron chi connectivity index (χ4n) is 7.65. The SMILES string of the molecule is CCCCCc1cc(C(F)(F)F)c(-c2cc3ccc(OCCCCC4CO4)cc3o2)cc1-c1cc(OCC(CO)CCC(O)COC(=O)CC)cc2oc(-c3ccccc3)cc12. The number of carbonyl (C=O) groups excluding carboxylic acids is 1. The Kier molecular flexibility index (Phi) is 14.9. The number of rotatable bonds is 23. The van der Waals surface area contributed by atoms with Gasteiger partial charge in [-0.25, -0.2) is 0 Å². The smallest absolute Gasteiger partial charge is 0.417 e. The van der Waals surface area contributed by atoms with Crippen LogP contribution in [0, 0.1) is 5.92 Å². The van der Waals surface area contributed by atoms with Gasteiger partial charge < -0.3 is 38.0 Å². The molecule has 330 valence electrons. The van der Waals surface area contributed by atoms with Crippen molar-refractivity contribution in [2.45, 2.75) is 96.4 Å². The van der Waals surface area contributed by atoms with E-state index in [1.165, 1.54) is 6.07 Å². The van der Waals surface area contributed by atoms with Crippen LogP contribution in [-0.4, -0.2) is 61.4 Å². The van der Waals surface area contributed by atoms with Crippen molar-refractivity contribution in [2.75, 3.05) is 33.0 Å². The number of benzene rings is 4. The number of ether oxygens (including phenoxy) is 4. The molecule has 62 heavy (non-hydrogen) atoms. The van der Waals surface area contributed by atoms with E-state index < -0.39 is 23.8 Å². The number of hydrogen-bond donors (Lipinski definition) is 2. The van der Waals surface area contributed by atoms with E-state index in [1.54, 1.807) is 43.3 Å². The second-order valence-electron chi connectivity index (χ2n) is 16.1. The Morgan fingerprint density at radius 3 is 2.34 bits per heavy atom. The first-order valence-corrected chi connectivity index (χ1v) is 21.8. The summed E-state index contributed by atoms with van der Waals surface area (Å²) in [4.78, 5) is 11.6. The zero-order valence-electron chi connectivity index (χ0n) is 35.3. The molecule has 2 aromatic heterocycles. The summed E-state index contributed by atoms with van der Waals surface area (Å²) in [6.07, 6.45) is 1.31. The van der Waals surface area contributed by atoms with Gasteiger partial charge in [-0.15, -0.1) is 0 Å². The Balaban J connectivity index is 1.26. The van der Waals surface area contributed by atoms with Gasteiger partial charge in [-0.3, -0.25) is 4.79 Å². The van der Waals surface area contributed by atoms with Crippen LogP contribution >= 0.6 is 0 Å². The molecule has 1 saturated heterocycles. The van der Waals surface area contributed by atoms with E-state index in [0.29, 0.717) is 87.9 Å². The third-order valence-electron chi connectivity index (χ3n) is 11.3. The van der Waals surface area contributed by atoms with Gasteiger partial charge >= 0.3 is 12.1 Å². The van der Waals surface area contributed by atoms with Gasteiger partial charge in [0.15, 0.2) is 0 Å². The Hall–Kier alpha value is -5.30. The highest BCUT2D eigenvalue weighted by atomic mass is 19.4. The number of unbranched alkanes of at least 4 members (excludes halogenated alkanes) is 3. The van der Waals surface area contributed by atoms with Crippen LogP contribution in [0.4, 0.5) is 13.2 Å². The van der Waals surface area contributed by atoms with Crippen LogP contribution in [0.1, 0.15) is 82.8 Å². The monoisotopic (exact) mass is 856 g/mol. The van der Waals surface area contributed by atoms with Crippen molar-refractivity contribution in [1.82, 2.24) is 0 Å². The molecule has 1 aliphatic heterocycles. The largest absolute Gasteiger partial charge is 0.493 e. The number of fused-ring (bicyclic) bond motifs is 2. The van der Waals surface area contributed by atoms with E-state index in [0.717, 1.165) is 44.3 Å². The molecule has 3 atom stereocenters. The number of hydrogen-bond acceptors (Lipinski definition) is 9. The standard InChI is InChI=1S/C50H55F3O9/c1-3-5-7-14-34-21-44(50(51,52)53)43(47-22-35-17-19-37(24-45(35)61-47)57-20-11-10-15-38-31-59-38)26-40(34)41-23-39(25-48-42(41)27-46(62-48)33-12-8-6-9-13-33)58-29-32(28-54)16-18-36(55)30-60-49(56)4-2/h6,8-9,12-13,17,19,21-27,32,36,38,54-55H,3-5,7,10-11,14-16,18,20,28-31H2,1-2H3. The summed E-state index contributed by atoms with van der Waals surface area (Å²) in [6.45, 7) is 4.78. The first kappa shape index (κ1) is 44.7. The quantitative estimate of drug-likeness (QED) is 0.0368. The molecule has 6 aromatic rings. The summed E-state index contributed by atoms with van der Waals surface area (Å²) in [5.74, 6) is 0.860. The molecule has 3 unspecified atom stereocenters. The fraction of sp³-hybridized carbons (Fsp3) is 0.420. The van der Waals surface area contributed by atoms with Crippen LogP contribution in [0.25, 0.3) is 55.7 Å². The van der Waals surface area contributed by atoms with Crippen molar-refractivity contribution in [3.8, 4) is 45.3 Å². The lowest BCUT2D eigenvalue weighted by Gasteiger charge is -2.20. The van der Waals surface area contributed by atoms with E-state index >= 15 is 13.2 Å². The summed E-state index contributed by atoms with van der Waals surface area (Å²) in [5.41, 5.74) is 2.57. The molecule has 0 saturated carbocycles. The molecule has 0 bridgehead atoms. The number of esters is 1. The van der Waals surface area contributed by atoms with Gasteiger partial charge in [-0.05, 0) is 104 Å². The van der Waals surface area contributed by atoms with Gasteiger partial charge in [0.2, 0.25) is 0 Å². The fourth-order valence-corrected chi connectivity index (χ4v) is 7.65. The van der Waals surface area contributed by atoms with Crippen LogP contribution in [0.2, 0.25) is 0 Å². The van der Waals surface area contributed by atoms with Gasteiger partial charge in [-0.1, -0.05) is 57.0 Å². The van der Waals surface area contributed by atoms with Gasteiger partial charge in [0.1, 0.15) is 40.8 Å². The minimum Gasteiger partial charge on any atom is -0.493 e. The second-order valence-corrected chi connectivity index (χ2v) is 16.1. The third kappa shape index (κ3) is 11.6. The topological polar surface area (TPSA) is 124 Å².